The van der Waals surface area contributed by atoms with Crippen molar-refractivity contribution < 1.29 is 0 Å². The molecule has 2 heterocycles. The standard InChI is InChI=1S/C30H18ClN3/c31-30-32-26-11-5-3-10-25(26)29(33-30)21-14-16-24-23-9-4-6-12-27(23)34(28(24)18-21)22-15-13-19-7-1-2-8-20(19)17-22/h1-18H. The van der Waals surface area contributed by atoms with Gasteiger partial charge in [0.15, 0.2) is 0 Å². The fourth-order valence-electron chi connectivity index (χ4n) is 4.98. The van der Waals surface area contributed by atoms with Gasteiger partial charge in [0.25, 0.3) is 0 Å². The molecule has 160 valence electrons. The molecule has 0 atom stereocenters. The normalized spacial score (nSPS) is 11.7. The zero-order valence-electron chi connectivity index (χ0n) is 18.1. The van der Waals surface area contributed by atoms with Crippen molar-refractivity contribution in [1.29, 1.82) is 0 Å². The van der Waals surface area contributed by atoms with Gasteiger partial charge in [-0.2, -0.15) is 0 Å². The molecular formula is C30H18ClN3. The first-order valence-corrected chi connectivity index (χ1v) is 11.6. The van der Waals surface area contributed by atoms with E-state index in [0.29, 0.717) is 0 Å². The first kappa shape index (κ1) is 19.3. The summed E-state index contributed by atoms with van der Waals surface area (Å²) in [4.78, 5) is 9.02. The van der Waals surface area contributed by atoms with Crippen LogP contribution in [-0.4, -0.2) is 14.5 Å². The Morgan fingerprint density at radius 2 is 1.29 bits per heavy atom. The van der Waals surface area contributed by atoms with E-state index in [1.165, 1.54) is 27.1 Å². The SMILES string of the molecule is Clc1nc(-c2ccc3c4ccccc4n(-c4ccc5ccccc5c4)c3c2)c2ccccc2n1. The van der Waals surface area contributed by atoms with Crippen LogP contribution in [0.4, 0.5) is 0 Å². The number of benzene rings is 5. The second-order valence-electron chi connectivity index (χ2n) is 8.47. The van der Waals surface area contributed by atoms with Crippen molar-refractivity contribution in [3.63, 3.8) is 0 Å². The van der Waals surface area contributed by atoms with E-state index in [1.807, 2.05) is 24.3 Å². The van der Waals surface area contributed by atoms with Gasteiger partial charge in [-0.1, -0.05) is 78.9 Å². The summed E-state index contributed by atoms with van der Waals surface area (Å²) in [6, 6.07) is 38.2. The average Bonchev–Trinajstić information content (AvgIpc) is 3.21. The predicted octanol–water partition coefficient (Wildman–Crippen LogP) is 8.20. The molecule has 0 aliphatic heterocycles. The maximum absolute atomic E-state index is 6.31. The van der Waals surface area contributed by atoms with Crippen LogP contribution < -0.4 is 0 Å². The van der Waals surface area contributed by atoms with Crippen LogP contribution in [0.25, 0.3) is 60.4 Å². The van der Waals surface area contributed by atoms with Crippen LogP contribution in [0.5, 0.6) is 0 Å². The van der Waals surface area contributed by atoms with Gasteiger partial charge >= 0.3 is 0 Å². The summed E-state index contributed by atoms with van der Waals surface area (Å²) in [5.74, 6) is 0. The van der Waals surface area contributed by atoms with Gasteiger partial charge in [-0.15, -0.1) is 0 Å². The highest BCUT2D eigenvalue weighted by molar-refractivity contribution is 6.29. The van der Waals surface area contributed by atoms with Gasteiger partial charge in [-0.3, -0.25) is 0 Å². The Kier molecular flexibility index (Phi) is 4.20. The Bertz CT molecular complexity index is 1880. The van der Waals surface area contributed by atoms with Gasteiger partial charge in [0.05, 0.1) is 22.2 Å². The van der Waals surface area contributed by atoms with Crippen molar-refractivity contribution in [3.8, 4) is 16.9 Å². The molecular weight excluding hydrogens is 438 g/mol. The van der Waals surface area contributed by atoms with Gasteiger partial charge in [0.1, 0.15) is 0 Å². The third-order valence-corrected chi connectivity index (χ3v) is 6.68. The quantitative estimate of drug-likeness (QED) is 0.246. The fraction of sp³-hybridized carbons (Fsp3) is 0. The van der Waals surface area contributed by atoms with Crippen LogP contribution in [0.15, 0.2) is 109 Å². The molecule has 0 aliphatic rings. The summed E-state index contributed by atoms with van der Waals surface area (Å²) in [6.45, 7) is 0. The first-order valence-electron chi connectivity index (χ1n) is 11.2. The van der Waals surface area contributed by atoms with E-state index in [2.05, 4.69) is 99.5 Å². The van der Waals surface area contributed by atoms with Crippen LogP contribution in [0.2, 0.25) is 5.28 Å². The van der Waals surface area contributed by atoms with Gasteiger partial charge in [-0.05, 0) is 52.7 Å². The lowest BCUT2D eigenvalue weighted by Crippen LogP contribution is -1.95. The molecule has 3 nitrogen and oxygen atoms in total. The summed E-state index contributed by atoms with van der Waals surface area (Å²) >= 11 is 6.31. The van der Waals surface area contributed by atoms with E-state index in [1.54, 1.807) is 0 Å². The monoisotopic (exact) mass is 455 g/mol. The van der Waals surface area contributed by atoms with Crippen molar-refractivity contribution in [2.24, 2.45) is 0 Å². The maximum Gasteiger partial charge on any atom is 0.223 e. The van der Waals surface area contributed by atoms with E-state index in [4.69, 9.17) is 11.6 Å². The summed E-state index contributed by atoms with van der Waals surface area (Å²) in [7, 11) is 0. The fourth-order valence-corrected chi connectivity index (χ4v) is 5.16. The molecule has 5 aromatic carbocycles. The third kappa shape index (κ3) is 2.91. The Morgan fingerprint density at radius 3 is 2.21 bits per heavy atom. The van der Waals surface area contributed by atoms with Crippen LogP contribution in [-0.2, 0) is 0 Å². The number of fused-ring (bicyclic) bond motifs is 5. The van der Waals surface area contributed by atoms with Crippen molar-refractivity contribution in [2.45, 2.75) is 0 Å². The maximum atomic E-state index is 6.31. The van der Waals surface area contributed by atoms with Gasteiger partial charge in [0, 0.05) is 27.4 Å². The minimum Gasteiger partial charge on any atom is -0.309 e. The van der Waals surface area contributed by atoms with Crippen molar-refractivity contribution >= 4 is 55.1 Å². The van der Waals surface area contributed by atoms with E-state index in [-0.39, 0.29) is 5.28 Å². The van der Waals surface area contributed by atoms with Crippen molar-refractivity contribution in [3.05, 3.63) is 114 Å². The topological polar surface area (TPSA) is 30.7 Å². The number of nitrogens with zero attached hydrogens (tertiary/aromatic N) is 3. The number of para-hydroxylation sites is 2. The number of halogens is 1. The smallest absolute Gasteiger partial charge is 0.223 e. The van der Waals surface area contributed by atoms with E-state index >= 15 is 0 Å². The lowest BCUT2D eigenvalue weighted by Gasteiger charge is -2.11. The molecule has 34 heavy (non-hydrogen) atoms. The van der Waals surface area contributed by atoms with E-state index in [0.717, 1.165) is 33.4 Å². The molecule has 7 aromatic rings. The van der Waals surface area contributed by atoms with Crippen LogP contribution in [0.3, 0.4) is 0 Å². The minimum atomic E-state index is 0.254. The lowest BCUT2D eigenvalue weighted by atomic mass is 10.0. The Hall–Kier alpha value is -4.21. The van der Waals surface area contributed by atoms with Crippen LogP contribution in [0, 0.1) is 0 Å². The number of rotatable bonds is 2. The summed E-state index contributed by atoms with van der Waals surface area (Å²) in [5, 5.41) is 6.12. The predicted molar refractivity (Wildman–Crippen MR) is 142 cm³/mol. The largest absolute Gasteiger partial charge is 0.309 e. The second kappa shape index (κ2) is 7.41. The number of hydrogen-bond acceptors (Lipinski definition) is 2. The molecule has 0 fully saturated rings. The zero-order valence-corrected chi connectivity index (χ0v) is 18.9. The highest BCUT2D eigenvalue weighted by Gasteiger charge is 2.15. The van der Waals surface area contributed by atoms with Crippen LogP contribution >= 0.6 is 11.6 Å². The molecule has 0 N–H and O–H groups in total. The van der Waals surface area contributed by atoms with E-state index < -0.39 is 0 Å². The number of aromatic nitrogens is 3. The summed E-state index contributed by atoms with van der Waals surface area (Å²) in [6.07, 6.45) is 0. The van der Waals surface area contributed by atoms with Gasteiger partial charge in [0.2, 0.25) is 5.28 Å². The van der Waals surface area contributed by atoms with E-state index in [9.17, 15) is 0 Å². The third-order valence-electron chi connectivity index (χ3n) is 6.51. The zero-order chi connectivity index (χ0) is 22.6. The Labute approximate surface area is 200 Å². The lowest BCUT2D eigenvalue weighted by molar-refractivity contribution is 1.18. The average molecular weight is 456 g/mol. The highest BCUT2D eigenvalue weighted by Crippen LogP contribution is 2.36. The Balaban J connectivity index is 1.56. The molecule has 0 spiro atoms. The van der Waals surface area contributed by atoms with Gasteiger partial charge in [-0.25, -0.2) is 9.97 Å². The molecule has 2 aromatic heterocycles. The van der Waals surface area contributed by atoms with Crippen molar-refractivity contribution in [1.82, 2.24) is 14.5 Å². The molecule has 0 amide bonds. The molecule has 0 bridgehead atoms. The highest BCUT2D eigenvalue weighted by atomic mass is 35.5. The number of hydrogen-bond donors (Lipinski definition) is 0. The molecule has 0 radical (unpaired) electrons. The van der Waals surface area contributed by atoms with Crippen molar-refractivity contribution in [2.75, 3.05) is 0 Å². The molecule has 4 heteroatoms. The summed E-state index contributed by atoms with van der Waals surface area (Å²) < 4.78 is 2.34. The Morgan fingerprint density at radius 1 is 0.559 bits per heavy atom. The molecule has 0 aliphatic carbocycles. The summed E-state index contributed by atoms with van der Waals surface area (Å²) in [5.41, 5.74) is 6.13. The molecule has 0 unspecified atom stereocenters. The second-order valence-corrected chi connectivity index (χ2v) is 8.81. The molecule has 0 saturated carbocycles. The first-order chi connectivity index (χ1) is 16.8. The molecule has 7 rings (SSSR count). The van der Waals surface area contributed by atoms with Crippen LogP contribution in [0.1, 0.15) is 0 Å². The van der Waals surface area contributed by atoms with Gasteiger partial charge < -0.3 is 4.57 Å². The molecule has 0 saturated heterocycles. The minimum absolute atomic E-state index is 0.254.